The summed E-state index contributed by atoms with van der Waals surface area (Å²) in [5.74, 6) is -1.36. The quantitative estimate of drug-likeness (QED) is 0.395. The lowest BCUT2D eigenvalue weighted by atomic mass is 10.2. The summed E-state index contributed by atoms with van der Waals surface area (Å²) in [6.07, 6.45) is 1.55. The maximum atomic E-state index is 13.4. The minimum atomic E-state index is -0.962. The Morgan fingerprint density at radius 2 is 2.04 bits per heavy atom. The zero-order chi connectivity index (χ0) is 19.4. The standard InChI is InChI=1S/C17H14FN5O3S/c1-11(16(24)20-12-7-8-14(18)15(9-12)23(25)26)27-17-21-19-10-22(17)13-5-3-2-4-6-13/h2-11H,1H3,(H,20,24)/t11-/m0/s1. The number of hydrogen-bond acceptors (Lipinski definition) is 6. The molecule has 0 saturated heterocycles. The Morgan fingerprint density at radius 1 is 1.30 bits per heavy atom. The van der Waals surface area contributed by atoms with Crippen molar-refractivity contribution in [3.8, 4) is 5.69 Å². The van der Waals surface area contributed by atoms with Crippen LogP contribution in [-0.2, 0) is 4.79 Å². The van der Waals surface area contributed by atoms with E-state index in [1.165, 1.54) is 17.8 Å². The first kappa shape index (κ1) is 18.5. The third-order valence-electron chi connectivity index (χ3n) is 3.61. The number of benzene rings is 2. The number of thioether (sulfide) groups is 1. The van der Waals surface area contributed by atoms with Crippen LogP contribution in [0.2, 0.25) is 0 Å². The molecule has 1 N–H and O–H groups in total. The van der Waals surface area contributed by atoms with Crippen molar-refractivity contribution in [2.75, 3.05) is 5.32 Å². The van der Waals surface area contributed by atoms with Gasteiger partial charge in [-0.05, 0) is 31.2 Å². The summed E-state index contributed by atoms with van der Waals surface area (Å²) in [6, 6.07) is 12.6. The van der Waals surface area contributed by atoms with Crippen LogP contribution in [0.25, 0.3) is 5.69 Å². The summed E-state index contributed by atoms with van der Waals surface area (Å²) in [5, 5.41) is 21.2. The van der Waals surface area contributed by atoms with Gasteiger partial charge in [-0.2, -0.15) is 4.39 Å². The van der Waals surface area contributed by atoms with Crippen molar-refractivity contribution < 1.29 is 14.1 Å². The highest BCUT2D eigenvalue weighted by atomic mass is 32.2. The molecule has 1 heterocycles. The highest BCUT2D eigenvalue weighted by molar-refractivity contribution is 8.00. The number of nitrogens with one attached hydrogen (secondary N) is 1. The van der Waals surface area contributed by atoms with Gasteiger partial charge in [0.15, 0.2) is 5.16 Å². The van der Waals surface area contributed by atoms with Crippen molar-refractivity contribution in [2.45, 2.75) is 17.3 Å². The maximum absolute atomic E-state index is 13.4. The Kier molecular flexibility index (Phi) is 5.46. The fourth-order valence-corrected chi connectivity index (χ4v) is 3.10. The van der Waals surface area contributed by atoms with Gasteiger partial charge in [0.05, 0.1) is 10.2 Å². The molecule has 0 spiro atoms. The number of aromatic nitrogens is 3. The van der Waals surface area contributed by atoms with Crippen molar-refractivity contribution in [2.24, 2.45) is 0 Å². The lowest BCUT2D eigenvalue weighted by Crippen LogP contribution is -2.23. The first-order valence-electron chi connectivity index (χ1n) is 7.82. The van der Waals surface area contributed by atoms with E-state index in [2.05, 4.69) is 15.5 Å². The minimum absolute atomic E-state index is 0.144. The second-order valence-corrected chi connectivity index (χ2v) is 6.80. The van der Waals surface area contributed by atoms with Crippen molar-refractivity contribution in [3.05, 3.63) is 70.8 Å². The van der Waals surface area contributed by atoms with Crippen LogP contribution in [-0.4, -0.2) is 30.8 Å². The molecule has 0 aliphatic rings. The first-order chi connectivity index (χ1) is 13.0. The number of amides is 1. The molecular formula is C17H14FN5O3S. The lowest BCUT2D eigenvalue weighted by molar-refractivity contribution is -0.387. The van der Waals surface area contributed by atoms with Crippen molar-refractivity contribution >= 4 is 29.0 Å². The highest BCUT2D eigenvalue weighted by Gasteiger charge is 2.20. The van der Waals surface area contributed by atoms with Crippen LogP contribution in [0, 0.1) is 15.9 Å². The van der Waals surface area contributed by atoms with Gasteiger partial charge >= 0.3 is 5.69 Å². The zero-order valence-electron chi connectivity index (χ0n) is 14.1. The second kappa shape index (κ2) is 7.96. The molecule has 0 aliphatic heterocycles. The molecule has 8 nitrogen and oxygen atoms in total. The average molecular weight is 387 g/mol. The number of halogens is 1. The fraction of sp³-hybridized carbons (Fsp3) is 0.118. The molecule has 0 bridgehead atoms. The van der Waals surface area contributed by atoms with Crippen molar-refractivity contribution in [1.29, 1.82) is 0 Å². The van der Waals surface area contributed by atoms with Crippen molar-refractivity contribution in [1.82, 2.24) is 14.8 Å². The van der Waals surface area contributed by atoms with Crippen LogP contribution in [0.5, 0.6) is 0 Å². The van der Waals surface area contributed by atoms with Gasteiger partial charge in [0.25, 0.3) is 0 Å². The number of rotatable bonds is 6. The SMILES string of the molecule is C[C@H](Sc1nncn1-c1ccccc1)C(=O)Nc1ccc(F)c([N+](=O)[O-])c1. The van der Waals surface area contributed by atoms with Crippen LogP contribution in [0.1, 0.15) is 6.92 Å². The smallest absolute Gasteiger partial charge is 0.306 e. The van der Waals surface area contributed by atoms with E-state index in [1.54, 1.807) is 17.8 Å². The van der Waals surface area contributed by atoms with E-state index in [0.29, 0.717) is 5.16 Å². The summed E-state index contributed by atoms with van der Waals surface area (Å²) in [6.45, 7) is 1.67. The summed E-state index contributed by atoms with van der Waals surface area (Å²) < 4.78 is 15.1. The number of anilines is 1. The Morgan fingerprint density at radius 3 is 2.74 bits per heavy atom. The van der Waals surface area contributed by atoms with E-state index < -0.39 is 27.6 Å². The van der Waals surface area contributed by atoms with E-state index in [0.717, 1.165) is 17.8 Å². The van der Waals surface area contributed by atoms with Gasteiger partial charge < -0.3 is 5.32 Å². The molecule has 10 heteroatoms. The minimum Gasteiger partial charge on any atom is -0.325 e. The predicted octanol–water partition coefficient (Wildman–Crippen LogP) is 3.43. The molecule has 138 valence electrons. The van der Waals surface area contributed by atoms with Gasteiger partial charge in [-0.15, -0.1) is 10.2 Å². The molecule has 0 fully saturated rings. The highest BCUT2D eigenvalue weighted by Crippen LogP contribution is 2.26. The molecule has 27 heavy (non-hydrogen) atoms. The summed E-state index contributed by atoms with van der Waals surface area (Å²) in [5.41, 5.74) is 0.300. The monoisotopic (exact) mass is 387 g/mol. The van der Waals surface area contributed by atoms with E-state index in [1.807, 2.05) is 30.3 Å². The number of carbonyl (C=O) groups excluding carboxylic acids is 1. The molecule has 1 aromatic heterocycles. The average Bonchev–Trinajstić information content (AvgIpc) is 3.11. The number of nitro benzene ring substituents is 1. The van der Waals surface area contributed by atoms with Crippen LogP contribution in [0.4, 0.5) is 15.8 Å². The predicted molar refractivity (Wildman–Crippen MR) is 98.4 cm³/mol. The molecule has 0 saturated carbocycles. The number of carbonyl (C=O) groups is 1. The Hall–Kier alpha value is -3.27. The van der Waals surface area contributed by atoms with E-state index in [4.69, 9.17) is 0 Å². The Bertz CT molecular complexity index is 980. The molecule has 0 aliphatic carbocycles. The largest absolute Gasteiger partial charge is 0.325 e. The number of nitro groups is 1. The maximum Gasteiger partial charge on any atom is 0.306 e. The molecule has 3 rings (SSSR count). The molecule has 1 atom stereocenters. The topological polar surface area (TPSA) is 103 Å². The van der Waals surface area contributed by atoms with Gasteiger partial charge in [-0.3, -0.25) is 19.5 Å². The number of hydrogen-bond donors (Lipinski definition) is 1. The number of nitrogens with zero attached hydrogens (tertiary/aromatic N) is 4. The fourth-order valence-electron chi connectivity index (χ4n) is 2.26. The third-order valence-corrected chi connectivity index (χ3v) is 4.67. The molecular weight excluding hydrogens is 373 g/mol. The van der Waals surface area contributed by atoms with Gasteiger partial charge in [-0.1, -0.05) is 30.0 Å². The Labute approximate surface area is 157 Å². The number of para-hydroxylation sites is 1. The molecule has 0 radical (unpaired) electrons. The molecule has 1 amide bonds. The third kappa shape index (κ3) is 4.29. The molecule has 2 aromatic carbocycles. The molecule has 0 unspecified atom stereocenters. The second-order valence-electron chi connectivity index (χ2n) is 5.49. The van der Waals surface area contributed by atoms with Crippen LogP contribution in [0.15, 0.2) is 60.0 Å². The normalized spacial score (nSPS) is 11.8. The summed E-state index contributed by atoms with van der Waals surface area (Å²) in [7, 11) is 0. The van der Waals surface area contributed by atoms with E-state index in [-0.39, 0.29) is 5.69 Å². The molecule has 3 aromatic rings. The van der Waals surface area contributed by atoms with Gasteiger partial charge in [0.2, 0.25) is 11.7 Å². The van der Waals surface area contributed by atoms with Gasteiger partial charge in [0.1, 0.15) is 6.33 Å². The lowest BCUT2D eigenvalue weighted by Gasteiger charge is -2.12. The van der Waals surface area contributed by atoms with Gasteiger partial charge in [0, 0.05) is 17.4 Å². The van der Waals surface area contributed by atoms with Crippen LogP contribution < -0.4 is 5.32 Å². The summed E-state index contributed by atoms with van der Waals surface area (Å²) in [4.78, 5) is 22.4. The summed E-state index contributed by atoms with van der Waals surface area (Å²) >= 11 is 1.18. The van der Waals surface area contributed by atoms with Crippen LogP contribution in [0.3, 0.4) is 0 Å². The van der Waals surface area contributed by atoms with Crippen LogP contribution >= 0.6 is 11.8 Å². The Balaban J connectivity index is 1.72. The van der Waals surface area contributed by atoms with Crippen molar-refractivity contribution in [3.63, 3.8) is 0 Å². The van der Waals surface area contributed by atoms with E-state index in [9.17, 15) is 19.3 Å². The zero-order valence-corrected chi connectivity index (χ0v) is 14.9. The first-order valence-corrected chi connectivity index (χ1v) is 8.70. The van der Waals surface area contributed by atoms with E-state index >= 15 is 0 Å². The van der Waals surface area contributed by atoms with Gasteiger partial charge in [-0.25, -0.2) is 0 Å².